The van der Waals surface area contributed by atoms with Crippen molar-refractivity contribution in [2.45, 2.75) is 45.3 Å². The molecule has 6 heteroatoms. The Morgan fingerprint density at radius 1 is 1.52 bits per heavy atom. The molecular formula is C15H22BrN3O2. The molecule has 1 atom stereocenters. The number of carbonyl (C=O) groups excluding carboxylic acids is 1. The van der Waals surface area contributed by atoms with Crippen LogP contribution in [0.25, 0.3) is 0 Å². The fourth-order valence-electron chi connectivity index (χ4n) is 2.34. The van der Waals surface area contributed by atoms with E-state index >= 15 is 0 Å². The Kier molecular flexibility index (Phi) is 5.08. The first-order chi connectivity index (χ1) is 9.85. The van der Waals surface area contributed by atoms with Crippen molar-refractivity contribution in [2.75, 3.05) is 18.4 Å². The van der Waals surface area contributed by atoms with E-state index in [9.17, 15) is 4.79 Å². The molecule has 1 aliphatic heterocycles. The molecule has 1 saturated heterocycles. The van der Waals surface area contributed by atoms with Gasteiger partial charge in [0.1, 0.15) is 16.0 Å². The number of anilines is 1. The number of hydrogen-bond donors (Lipinski definition) is 1. The van der Waals surface area contributed by atoms with Gasteiger partial charge in [0.2, 0.25) is 0 Å². The Bertz CT molecular complexity index is 502. The predicted molar refractivity (Wildman–Crippen MR) is 86.4 cm³/mol. The number of amides is 1. The van der Waals surface area contributed by atoms with Crippen LogP contribution >= 0.6 is 15.9 Å². The number of nitrogens with one attached hydrogen (secondary N) is 1. The summed E-state index contributed by atoms with van der Waals surface area (Å²) in [6.07, 6.45) is 1.77. The van der Waals surface area contributed by atoms with Crippen molar-refractivity contribution in [2.24, 2.45) is 0 Å². The molecule has 0 bridgehead atoms. The van der Waals surface area contributed by atoms with Crippen LogP contribution in [0, 0.1) is 0 Å². The first-order valence-electron chi connectivity index (χ1n) is 7.21. The number of ether oxygens (including phenoxy) is 1. The smallest absolute Gasteiger partial charge is 0.410 e. The van der Waals surface area contributed by atoms with Gasteiger partial charge >= 0.3 is 6.09 Å². The van der Waals surface area contributed by atoms with Crippen molar-refractivity contribution < 1.29 is 9.53 Å². The molecule has 1 amide bonds. The predicted octanol–water partition coefficient (Wildman–Crippen LogP) is 3.66. The summed E-state index contributed by atoms with van der Waals surface area (Å²) in [5.74, 6) is 0.806. The molecule has 1 aromatic heterocycles. The third kappa shape index (κ3) is 4.88. The molecule has 2 heterocycles. The van der Waals surface area contributed by atoms with Crippen molar-refractivity contribution >= 4 is 27.8 Å². The highest BCUT2D eigenvalue weighted by Gasteiger charge is 2.31. The molecule has 1 unspecified atom stereocenters. The molecule has 0 aliphatic carbocycles. The highest BCUT2D eigenvalue weighted by atomic mass is 79.9. The minimum absolute atomic E-state index is 0.153. The van der Waals surface area contributed by atoms with E-state index in [4.69, 9.17) is 4.74 Å². The topological polar surface area (TPSA) is 54.5 Å². The lowest BCUT2D eigenvalue weighted by molar-refractivity contribution is 0.0235. The average Bonchev–Trinajstić information content (AvgIpc) is 2.83. The van der Waals surface area contributed by atoms with Crippen LogP contribution < -0.4 is 5.32 Å². The van der Waals surface area contributed by atoms with Crippen molar-refractivity contribution in [3.8, 4) is 0 Å². The molecule has 0 aromatic carbocycles. The highest BCUT2D eigenvalue weighted by Crippen LogP contribution is 2.21. The summed E-state index contributed by atoms with van der Waals surface area (Å²) >= 11 is 3.35. The molecule has 1 fully saturated rings. The molecule has 0 spiro atoms. The van der Waals surface area contributed by atoms with Crippen molar-refractivity contribution in [1.29, 1.82) is 0 Å². The summed E-state index contributed by atoms with van der Waals surface area (Å²) in [4.78, 5) is 18.3. The van der Waals surface area contributed by atoms with Gasteiger partial charge in [-0.05, 0) is 61.7 Å². The second-order valence-corrected chi connectivity index (χ2v) is 7.01. The van der Waals surface area contributed by atoms with E-state index in [1.807, 2.05) is 43.9 Å². The first kappa shape index (κ1) is 16.1. The summed E-state index contributed by atoms with van der Waals surface area (Å²) in [6.45, 7) is 7.11. The zero-order valence-corrected chi connectivity index (χ0v) is 14.3. The highest BCUT2D eigenvalue weighted by molar-refractivity contribution is 9.10. The maximum absolute atomic E-state index is 12.2. The van der Waals surface area contributed by atoms with E-state index in [0.717, 1.165) is 29.8 Å². The van der Waals surface area contributed by atoms with E-state index in [-0.39, 0.29) is 12.1 Å². The van der Waals surface area contributed by atoms with Gasteiger partial charge in [-0.25, -0.2) is 9.78 Å². The Morgan fingerprint density at radius 3 is 2.95 bits per heavy atom. The molecule has 0 radical (unpaired) electrons. The number of rotatable bonds is 3. The standard InChI is InChI=1S/C15H22BrN3O2/c1-15(2,3)21-14(20)19-9-5-6-11(19)10-17-13-8-4-7-12(16)18-13/h4,7-8,11H,5-6,9-10H2,1-3H3,(H,17,18). The number of pyridine rings is 1. The minimum atomic E-state index is -0.455. The van der Waals surface area contributed by atoms with Crippen LogP contribution in [0.3, 0.4) is 0 Å². The van der Waals surface area contributed by atoms with Gasteiger partial charge in [-0.3, -0.25) is 0 Å². The fourth-order valence-corrected chi connectivity index (χ4v) is 2.68. The molecule has 116 valence electrons. The van der Waals surface area contributed by atoms with Gasteiger partial charge in [-0.15, -0.1) is 0 Å². The molecule has 1 aliphatic rings. The van der Waals surface area contributed by atoms with Gasteiger partial charge in [-0.1, -0.05) is 6.07 Å². The Labute approximate surface area is 134 Å². The number of carbonyl (C=O) groups is 1. The van der Waals surface area contributed by atoms with Crippen molar-refractivity contribution in [3.05, 3.63) is 22.8 Å². The molecule has 1 N–H and O–H groups in total. The van der Waals surface area contributed by atoms with E-state index in [0.29, 0.717) is 6.54 Å². The molecule has 21 heavy (non-hydrogen) atoms. The fraction of sp³-hybridized carbons (Fsp3) is 0.600. The molecule has 0 saturated carbocycles. The Morgan fingerprint density at radius 2 is 2.29 bits per heavy atom. The largest absolute Gasteiger partial charge is 0.444 e. The zero-order valence-electron chi connectivity index (χ0n) is 12.7. The number of likely N-dealkylation sites (tertiary alicyclic amines) is 1. The number of halogens is 1. The minimum Gasteiger partial charge on any atom is -0.444 e. The number of aromatic nitrogens is 1. The second-order valence-electron chi connectivity index (χ2n) is 6.20. The SMILES string of the molecule is CC(C)(C)OC(=O)N1CCCC1CNc1cccc(Br)n1. The summed E-state index contributed by atoms with van der Waals surface area (Å²) in [5.41, 5.74) is -0.455. The lowest BCUT2D eigenvalue weighted by Crippen LogP contribution is -2.42. The van der Waals surface area contributed by atoms with Gasteiger partial charge < -0.3 is 15.0 Å². The maximum Gasteiger partial charge on any atom is 0.410 e. The molecular weight excluding hydrogens is 334 g/mol. The van der Waals surface area contributed by atoms with Crippen LogP contribution in [0.2, 0.25) is 0 Å². The van der Waals surface area contributed by atoms with Gasteiger partial charge in [0.05, 0.1) is 6.04 Å². The maximum atomic E-state index is 12.2. The Balaban J connectivity index is 1.91. The van der Waals surface area contributed by atoms with Crippen LogP contribution in [0.1, 0.15) is 33.6 Å². The summed E-state index contributed by atoms with van der Waals surface area (Å²) in [5, 5.41) is 3.28. The van der Waals surface area contributed by atoms with Crippen molar-refractivity contribution in [3.63, 3.8) is 0 Å². The molecule has 2 rings (SSSR count). The van der Waals surface area contributed by atoms with Gasteiger partial charge in [0, 0.05) is 13.1 Å². The number of hydrogen-bond acceptors (Lipinski definition) is 4. The first-order valence-corrected chi connectivity index (χ1v) is 8.00. The van der Waals surface area contributed by atoms with Gasteiger partial charge in [0.25, 0.3) is 0 Å². The van der Waals surface area contributed by atoms with E-state index in [1.165, 1.54) is 0 Å². The van der Waals surface area contributed by atoms with Crippen LogP contribution in [0.5, 0.6) is 0 Å². The second kappa shape index (κ2) is 6.64. The van der Waals surface area contributed by atoms with Crippen LogP contribution in [-0.2, 0) is 4.74 Å². The third-order valence-corrected chi connectivity index (χ3v) is 3.68. The van der Waals surface area contributed by atoms with Crippen LogP contribution in [0.15, 0.2) is 22.8 Å². The summed E-state index contributed by atoms with van der Waals surface area (Å²) < 4.78 is 6.25. The third-order valence-electron chi connectivity index (χ3n) is 3.24. The van der Waals surface area contributed by atoms with Gasteiger partial charge in [-0.2, -0.15) is 0 Å². The van der Waals surface area contributed by atoms with E-state index in [1.54, 1.807) is 0 Å². The summed E-state index contributed by atoms with van der Waals surface area (Å²) in [7, 11) is 0. The van der Waals surface area contributed by atoms with Crippen LogP contribution in [-0.4, -0.2) is 40.7 Å². The zero-order chi connectivity index (χ0) is 15.5. The van der Waals surface area contributed by atoms with Crippen LogP contribution in [0.4, 0.5) is 10.6 Å². The lowest BCUT2D eigenvalue weighted by Gasteiger charge is -2.28. The monoisotopic (exact) mass is 355 g/mol. The van der Waals surface area contributed by atoms with Crippen molar-refractivity contribution in [1.82, 2.24) is 9.88 Å². The van der Waals surface area contributed by atoms with E-state index < -0.39 is 5.60 Å². The Hall–Kier alpha value is -1.30. The quantitative estimate of drug-likeness (QED) is 0.840. The van der Waals surface area contributed by atoms with Gasteiger partial charge in [0.15, 0.2) is 0 Å². The normalized spacial score (nSPS) is 18.7. The lowest BCUT2D eigenvalue weighted by atomic mass is 10.2. The average molecular weight is 356 g/mol. The molecule has 5 nitrogen and oxygen atoms in total. The summed E-state index contributed by atoms with van der Waals surface area (Å²) in [6, 6.07) is 5.88. The van der Waals surface area contributed by atoms with E-state index in [2.05, 4.69) is 26.2 Å². The molecule has 1 aromatic rings. The number of nitrogens with zero attached hydrogens (tertiary/aromatic N) is 2.